The molecule has 0 aliphatic carbocycles. The Morgan fingerprint density at radius 2 is 2.05 bits per heavy atom. The summed E-state index contributed by atoms with van der Waals surface area (Å²) in [5.74, 6) is 2.04. The molecule has 0 aromatic heterocycles. The Bertz CT molecular complexity index is 519. The zero-order valence-corrected chi connectivity index (χ0v) is 10.7. The van der Waals surface area contributed by atoms with E-state index in [9.17, 15) is 5.11 Å². The van der Waals surface area contributed by atoms with Gasteiger partial charge in [-0.1, -0.05) is 12.1 Å². The van der Waals surface area contributed by atoms with E-state index in [2.05, 4.69) is 14.9 Å². The Labute approximate surface area is 112 Å². The van der Waals surface area contributed by atoms with E-state index < -0.39 is 0 Å². The summed E-state index contributed by atoms with van der Waals surface area (Å²) >= 11 is 0. The van der Waals surface area contributed by atoms with Crippen LogP contribution in [0.5, 0.6) is 5.75 Å². The summed E-state index contributed by atoms with van der Waals surface area (Å²) in [6.07, 6.45) is 0.877. The lowest BCUT2D eigenvalue weighted by Crippen LogP contribution is -2.42. The number of hydrogen-bond acceptors (Lipinski definition) is 5. The predicted molar refractivity (Wildman–Crippen MR) is 74.0 cm³/mol. The fraction of sp³-hybridized carbons (Fsp3) is 0.429. The summed E-state index contributed by atoms with van der Waals surface area (Å²) in [7, 11) is 0. The maximum Gasteiger partial charge on any atom is 0.156 e. The van der Waals surface area contributed by atoms with Crippen LogP contribution in [0.1, 0.15) is 12.0 Å². The van der Waals surface area contributed by atoms with Gasteiger partial charge in [0.05, 0.1) is 13.2 Å². The van der Waals surface area contributed by atoms with Gasteiger partial charge in [0.2, 0.25) is 0 Å². The van der Waals surface area contributed by atoms with Crippen molar-refractivity contribution in [2.24, 2.45) is 9.98 Å². The fourth-order valence-corrected chi connectivity index (χ4v) is 2.33. The van der Waals surface area contributed by atoms with Gasteiger partial charge in [0.25, 0.3) is 0 Å². The summed E-state index contributed by atoms with van der Waals surface area (Å²) in [4.78, 5) is 11.4. The molecule has 3 rings (SSSR count). The predicted octanol–water partition coefficient (Wildman–Crippen LogP) is 1.27. The molecule has 1 N–H and O–H groups in total. The van der Waals surface area contributed by atoms with E-state index in [-0.39, 0.29) is 5.75 Å². The van der Waals surface area contributed by atoms with Crippen LogP contribution in [0.3, 0.4) is 0 Å². The smallest absolute Gasteiger partial charge is 0.156 e. The van der Waals surface area contributed by atoms with Crippen molar-refractivity contribution in [1.82, 2.24) is 4.90 Å². The Kier molecular flexibility index (Phi) is 3.46. The highest BCUT2D eigenvalue weighted by Crippen LogP contribution is 2.16. The van der Waals surface area contributed by atoms with E-state index in [1.54, 1.807) is 12.1 Å². The van der Waals surface area contributed by atoms with Crippen molar-refractivity contribution in [3.8, 4) is 5.75 Å². The van der Waals surface area contributed by atoms with Crippen LogP contribution in [-0.2, 0) is 4.74 Å². The molecule has 1 fully saturated rings. The van der Waals surface area contributed by atoms with E-state index in [0.717, 1.165) is 50.7 Å². The average molecular weight is 259 g/mol. The normalized spacial score (nSPS) is 19.9. The number of aromatic hydroxyl groups is 1. The topological polar surface area (TPSA) is 57.4 Å². The lowest BCUT2D eigenvalue weighted by Gasteiger charge is -2.30. The van der Waals surface area contributed by atoms with Crippen molar-refractivity contribution in [3.63, 3.8) is 0 Å². The first-order valence-electron chi connectivity index (χ1n) is 6.57. The molecule has 2 aliphatic heterocycles. The SMILES string of the molecule is Oc1cccc(C2=NCCC(N3CCOCC3)=N2)c1. The summed E-state index contributed by atoms with van der Waals surface area (Å²) < 4.78 is 5.36. The summed E-state index contributed by atoms with van der Waals surface area (Å²) in [6.45, 7) is 4.06. The van der Waals surface area contributed by atoms with Gasteiger partial charge in [-0.2, -0.15) is 0 Å². The highest BCUT2D eigenvalue weighted by molar-refractivity contribution is 6.08. The first-order valence-corrected chi connectivity index (χ1v) is 6.57. The van der Waals surface area contributed by atoms with Crippen molar-refractivity contribution in [3.05, 3.63) is 29.8 Å². The molecule has 0 unspecified atom stereocenters. The Morgan fingerprint density at radius 1 is 1.21 bits per heavy atom. The second kappa shape index (κ2) is 5.40. The van der Waals surface area contributed by atoms with Crippen LogP contribution in [0.2, 0.25) is 0 Å². The molecule has 19 heavy (non-hydrogen) atoms. The molecule has 2 aliphatic rings. The second-order valence-corrected chi connectivity index (χ2v) is 4.63. The molecule has 0 amide bonds. The zero-order chi connectivity index (χ0) is 13.1. The van der Waals surface area contributed by atoms with Crippen molar-refractivity contribution in [2.45, 2.75) is 6.42 Å². The monoisotopic (exact) mass is 259 g/mol. The van der Waals surface area contributed by atoms with Gasteiger partial charge in [-0.3, -0.25) is 4.99 Å². The van der Waals surface area contributed by atoms with Gasteiger partial charge in [0.15, 0.2) is 5.84 Å². The van der Waals surface area contributed by atoms with Crippen molar-refractivity contribution in [1.29, 1.82) is 0 Å². The number of ether oxygens (including phenoxy) is 1. The van der Waals surface area contributed by atoms with Gasteiger partial charge >= 0.3 is 0 Å². The van der Waals surface area contributed by atoms with Crippen LogP contribution in [0.25, 0.3) is 0 Å². The summed E-state index contributed by atoms with van der Waals surface area (Å²) in [6, 6.07) is 7.08. The average Bonchev–Trinajstić information content (AvgIpc) is 2.48. The Balaban J connectivity index is 1.82. The molecule has 0 atom stereocenters. The highest BCUT2D eigenvalue weighted by Gasteiger charge is 2.18. The number of rotatable bonds is 1. The van der Waals surface area contributed by atoms with Crippen LogP contribution in [0, 0.1) is 0 Å². The molecule has 1 saturated heterocycles. The molecule has 5 nitrogen and oxygen atoms in total. The van der Waals surface area contributed by atoms with E-state index >= 15 is 0 Å². The van der Waals surface area contributed by atoms with Crippen LogP contribution in [-0.4, -0.2) is 54.5 Å². The van der Waals surface area contributed by atoms with Crippen molar-refractivity contribution in [2.75, 3.05) is 32.8 Å². The molecule has 0 radical (unpaired) electrons. The minimum atomic E-state index is 0.244. The summed E-state index contributed by atoms with van der Waals surface area (Å²) in [5, 5.41) is 9.53. The molecule has 1 aromatic carbocycles. The molecule has 0 saturated carbocycles. The van der Waals surface area contributed by atoms with E-state index in [1.165, 1.54) is 0 Å². The maximum atomic E-state index is 9.53. The van der Waals surface area contributed by atoms with Gasteiger partial charge < -0.3 is 14.7 Å². The number of phenolic OH excluding ortho intramolecular Hbond substituents is 1. The molecular formula is C14H17N3O2. The van der Waals surface area contributed by atoms with Crippen LogP contribution in [0.4, 0.5) is 0 Å². The number of nitrogens with zero attached hydrogens (tertiary/aromatic N) is 3. The second-order valence-electron chi connectivity index (χ2n) is 4.63. The maximum absolute atomic E-state index is 9.53. The van der Waals surface area contributed by atoms with Crippen LogP contribution >= 0.6 is 0 Å². The van der Waals surface area contributed by atoms with Gasteiger partial charge in [0, 0.05) is 31.6 Å². The molecule has 5 heteroatoms. The van der Waals surface area contributed by atoms with E-state index in [0.29, 0.717) is 5.84 Å². The number of benzene rings is 1. The Hall–Kier alpha value is -1.88. The van der Waals surface area contributed by atoms with Gasteiger partial charge in [-0.25, -0.2) is 4.99 Å². The molecule has 1 aromatic rings. The Morgan fingerprint density at radius 3 is 2.84 bits per heavy atom. The molecule has 100 valence electrons. The molecule has 0 spiro atoms. The zero-order valence-electron chi connectivity index (χ0n) is 10.7. The van der Waals surface area contributed by atoms with Crippen molar-refractivity contribution >= 4 is 11.7 Å². The first-order chi connectivity index (χ1) is 9.33. The number of morpholine rings is 1. The van der Waals surface area contributed by atoms with Gasteiger partial charge in [-0.05, 0) is 12.1 Å². The summed E-state index contributed by atoms with van der Waals surface area (Å²) in [5.41, 5.74) is 0.866. The van der Waals surface area contributed by atoms with Gasteiger partial charge in [0.1, 0.15) is 11.6 Å². The highest BCUT2D eigenvalue weighted by atomic mass is 16.5. The lowest BCUT2D eigenvalue weighted by atomic mass is 10.1. The minimum Gasteiger partial charge on any atom is -0.508 e. The van der Waals surface area contributed by atoms with Crippen molar-refractivity contribution < 1.29 is 9.84 Å². The third kappa shape index (κ3) is 2.76. The third-order valence-corrected chi connectivity index (χ3v) is 3.31. The molecule has 0 bridgehead atoms. The standard InChI is InChI=1S/C14H17N3O2/c18-12-3-1-2-11(10-12)14-15-5-4-13(16-14)17-6-8-19-9-7-17/h1-3,10,18H,4-9H2. The van der Waals surface area contributed by atoms with E-state index in [1.807, 2.05) is 12.1 Å². The van der Waals surface area contributed by atoms with Crippen LogP contribution < -0.4 is 0 Å². The van der Waals surface area contributed by atoms with E-state index in [4.69, 9.17) is 4.74 Å². The number of phenols is 1. The van der Waals surface area contributed by atoms with Crippen LogP contribution in [0.15, 0.2) is 34.3 Å². The quantitative estimate of drug-likeness (QED) is 0.826. The lowest BCUT2D eigenvalue weighted by molar-refractivity contribution is 0.0672. The minimum absolute atomic E-state index is 0.244. The number of aliphatic imine (C=N–C) groups is 2. The third-order valence-electron chi connectivity index (χ3n) is 3.31. The fourth-order valence-electron chi connectivity index (χ4n) is 2.33. The number of amidine groups is 2. The number of hydrogen-bond donors (Lipinski definition) is 1. The van der Waals surface area contributed by atoms with Gasteiger partial charge in [-0.15, -0.1) is 0 Å². The largest absolute Gasteiger partial charge is 0.508 e. The molecule has 2 heterocycles. The molecular weight excluding hydrogens is 242 g/mol. The first kappa shape index (κ1) is 12.2.